The molecule has 7 aliphatic rings. The number of aryl methyl sites for hydroxylation is 2. The van der Waals surface area contributed by atoms with E-state index in [2.05, 4.69) is 183 Å². The molecule has 13 rings (SSSR count). The second-order valence-electron chi connectivity index (χ2n) is 27.8. The van der Waals surface area contributed by atoms with E-state index in [-0.39, 0.29) is 16.8 Å². The monoisotopic (exact) mass is 1480 g/mol. The van der Waals surface area contributed by atoms with Crippen LogP contribution in [0.25, 0.3) is 5.57 Å². The predicted molar refractivity (Wildman–Crippen MR) is 358 cm³/mol. The minimum atomic E-state index is -1.12. The number of esters is 1. The van der Waals surface area contributed by atoms with Gasteiger partial charge >= 0.3 is 56.5 Å². The van der Waals surface area contributed by atoms with Crippen molar-refractivity contribution < 1.29 is 42.2 Å². The zero-order chi connectivity index (χ0) is 61.7. The van der Waals surface area contributed by atoms with Crippen LogP contribution in [0.2, 0.25) is 0 Å². The van der Waals surface area contributed by atoms with Crippen molar-refractivity contribution in [2.24, 2.45) is 0 Å². The van der Waals surface area contributed by atoms with Crippen molar-refractivity contribution in [3.8, 4) is 23.0 Å². The van der Waals surface area contributed by atoms with Crippen LogP contribution >= 0.6 is 37.2 Å². The number of carboxylic acids is 1. The number of fused-ring (bicyclic) bond motifs is 10. The molecule has 6 aromatic rings. The number of benzene rings is 6. The number of hydrogen-bond donors (Lipinski definition) is 0. The van der Waals surface area contributed by atoms with Gasteiger partial charge in [0.25, 0.3) is 0 Å². The van der Waals surface area contributed by atoms with Gasteiger partial charge in [-0.25, -0.2) is 9.37 Å². The van der Waals surface area contributed by atoms with Crippen molar-refractivity contribution in [3.63, 3.8) is 0 Å². The summed E-state index contributed by atoms with van der Waals surface area (Å²) in [6.07, 6.45) is 8.52. The molecule has 450 valence electrons. The number of aromatic carboxylic acids is 1. The Kier molecular flexibility index (Phi) is 16.2. The summed E-state index contributed by atoms with van der Waals surface area (Å²) in [6.45, 7) is 48.0. The molecule has 0 N–H and O–H groups in total. The molecule has 0 bridgehead atoms. The molecule has 0 fully saturated rings. The first-order valence-corrected chi connectivity index (χ1v) is 43.5. The Balaban J connectivity index is 0.000000169. The topological polar surface area (TPSA) is 91.1 Å². The van der Waals surface area contributed by atoms with Gasteiger partial charge in [0.05, 0.1) is 22.7 Å². The van der Waals surface area contributed by atoms with Gasteiger partial charge in [0.1, 0.15) is 36.1 Å². The third-order valence-corrected chi connectivity index (χ3v) is 21.2. The first kappa shape index (κ1) is 62.1. The molecule has 0 amide bonds. The van der Waals surface area contributed by atoms with Gasteiger partial charge in [-0.15, -0.1) is 0 Å². The number of carbonyl (C=O) groups excluding carboxylic acids is 2. The summed E-state index contributed by atoms with van der Waals surface area (Å²) in [7, 11) is 0. The second kappa shape index (κ2) is 22.2. The van der Waals surface area contributed by atoms with Crippen molar-refractivity contribution >= 4 is 60.4 Å². The van der Waals surface area contributed by atoms with E-state index in [1.54, 1.807) is 0 Å². The van der Waals surface area contributed by atoms with E-state index in [1.165, 1.54) is 66.7 Å². The quantitative estimate of drug-likeness (QED) is 0.0967. The Hall–Kier alpha value is -4.48. The van der Waals surface area contributed by atoms with Crippen LogP contribution in [0.3, 0.4) is 0 Å². The van der Waals surface area contributed by atoms with E-state index in [9.17, 15) is 14.7 Å². The molecular weight excluding hydrogens is 1390 g/mol. The number of carbonyl (C=O) groups is 2. The van der Waals surface area contributed by atoms with Gasteiger partial charge < -0.3 is 29.0 Å². The number of halogens is 3. The molecule has 0 radical (unpaired) electrons. The summed E-state index contributed by atoms with van der Waals surface area (Å²) in [4.78, 5) is 29.7. The zero-order valence-electron chi connectivity index (χ0n) is 54.1. The second-order valence-corrected chi connectivity index (χ2v) is 44.0. The van der Waals surface area contributed by atoms with Crippen LogP contribution in [-0.4, -0.2) is 38.1 Å². The van der Waals surface area contributed by atoms with Gasteiger partial charge in [-0.3, -0.25) is 0 Å². The summed E-state index contributed by atoms with van der Waals surface area (Å²) in [5.41, 5.74) is 30.7. The van der Waals surface area contributed by atoms with Crippen molar-refractivity contribution in [3.05, 3.63) is 173 Å². The van der Waals surface area contributed by atoms with Crippen molar-refractivity contribution in [1.29, 1.82) is 0 Å². The van der Waals surface area contributed by atoms with Gasteiger partial charge in [0, 0.05) is 75.8 Å². The van der Waals surface area contributed by atoms with Gasteiger partial charge in [-0.05, 0) is 259 Å². The fourth-order valence-electron chi connectivity index (χ4n) is 17.1. The number of nitrogens with zero attached hydrogens (tertiary/aromatic N) is 2. The fourth-order valence-corrected chi connectivity index (χ4v) is 17.1. The van der Waals surface area contributed by atoms with Gasteiger partial charge in [-0.1, -0.05) is 41.5 Å². The van der Waals surface area contributed by atoms with Crippen molar-refractivity contribution in [1.82, 2.24) is 4.58 Å². The third kappa shape index (κ3) is 9.31. The Morgan fingerprint density at radius 1 is 0.553 bits per heavy atom. The summed E-state index contributed by atoms with van der Waals surface area (Å²) in [5.74, 6) is 2.27. The molecule has 0 aromatic heterocycles. The molecule has 7 heterocycles. The maximum absolute atomic E-state index is 14.1. The number of carboxylic acid groups (broad SMARTS) is 1. The Morgan fingerprint density at radius 2 is 1.05 bits per heavy atom. The predicted octanol–water partition coefficient (Wildman–Crippen LogP) is 12.4. The Bertz CT molecular complexity index is 4110. The molecule has 0 saturated carbocycles. The summed E-state index contributed by atoms with van der Waals surface area (Å²) in [6, 6.07) is 4.68. The van der Waals surface area contributed by atoms with Crippen molar-refractivity contribution in [2.75, 3.05) is 31.1 Å². The first-order chi connectivity index (χ1) is 40.0. The van der Waals surface area contributed by atoms with Gasteiger partial charge in [-0.2, -0.15) is 0 Å². The molecule has 0 saturated heterocycles. The first-order valence-electron chi connectivity index (χ1n) is 30.9. The van der Waals surface area contributed by atoms with Crippen LogP contribution in [0.4, 0.5) is 5.69 Å². The van der Waals surface area contributed by atoms with Crippen LogP contribution in [0.5, 0.6) is 23.0 Å². The summed E-state index contributed by atoms with van der Waals surface area (Å²) < 4.78 is 23.8. The van der Waals surface area contributed by atoms with E-state index in [1.807, 2.05) is 13.8 Å². The van der Waals surface area contributed by atoms with Crippen molar-refractivity contribution in [2.45, 2.75) is 206 Å². The molecular formula is C74H86I3N2O6-. The molecule has 7 aliphatic heterocycles. The van der Waals surface area contributed by atoms with Gasteiger partial charge in [0.15, 0.2) is 5.60 Å². The van der Waals surface area contributed by atoms with E-state index >= 15 is 0 Å². The number of rotatable bonds is 2. The molecule has 1 atom stereocenters. The minimum absolute atomic E-state index is 0.0594. The Labute approximate surface area is 535 Å². The third-order valence-electron chi connectivity index (χ3n) is 21.2. The van der Waals surface area contributed by atoms with Crippen LogP contribution < -0.4 is 47.9 Å². The fraction of sp³-hybridized carbons (Fsp3) is 0.473. The molecule has 11 heteroatoms. The average Bonchev–Trinajstić information content (AvgIpc) is 2.17. The maximum atomic E-state index is 14.1. The van der Waals surface area contributed by atoms with E-state index in [0.717, 1.165) is 200 Å². The molecule has 8 nitrogen and oxygen atoms in total. The van der Waals surface area contributed by atoms with Crippen LogP contribution in [-0.2, 0) is 46.9 Å². The molecule has 1 spiro atoms. The van der Waals surface area contributed by atoms with Gasteiger partial charge in [0.2, 0.25) is 5.36 Å². The molecule has 0 aliphatic carbocycles. The average molecular weight is 1480 g/mol. The van der Waals surface area contributed by atoms with Crippen LogP contribution in [0.15, 0.2) is 12.1 Å². The molecule has 6 aromatic carbocycles. The number of hydrogen-bond acceptors (Lipinski definition) is 7. The standard InChI is InChI=1S/2C37H43NO3.I3/c1-18-19(2)21(4)30-28(20(18)3)35(39)41-37(30)27-17-25-13-11-15-38-16-12-14-26(32(25)38)34(27)40-33-24(7)29(36(8,9)10)22(5)23(6)31(33)37;1-18-19(2)21(4)30(36(39)40)28(20(18)3)31-27-17-25-13-11-15-38-16-12-14-26(33(25)38)35(27)41-34-24(7)32(37(8,9)10)23(6)22(5)29(31)34;1-3-2/h2*17H,11-16H2,1-10H3;/q;;-1. The molecule has 1 unspecified atom stereocenters. The normalized spacial score (nSPS) is 17.7. The van der Waals surface area contributed by atoms with Crippen LogP contribution in [0, 0.1) is 96.9 Å². The van der Waals surface area contributed by atoms with E-state index in [4.69, 9.17) is 14.2 Å². The zero-order valence-corrected chi connectivity index (χ0v) is 60.6. The Morgan fingerprint density at radius 3 is 1.66 bits per heavy atom. The number of ether oxygens (including phenoxy) is 3. The SMILES string of the molecule is Cc1c(C)c(C)c(C2=c3cc4c5c(c3Oc3c(C)c(C(C)(C)C)c(C)c(C)c32)CCC[N+]=5CCC4)c(C(=O)[O-])c1C.Cc1c(C)c(C)c2c(c1C)C(=O)OC21c2cc3c4c(c2Oc2c(C)c(C(C)(C)C)c(C)c(C)c21)CCCN4CCC3.I[I-]I. The van der Waals surface area contributed by atoms with Crippen LogP contribution in [0.1, 0.15) is 227 Å². The summed E-state index contributed by atoms with van der Waals surface area (Å²) >= 11 is 5.30. The molecule has 85 heavy (non-hydrogen) atoms. The van der Waals surface area contributed by atoms with E-state index in [0.29, 0.717) is 18.8 Å². The van der Waals surface area contributed by atoms with E-state index < -0.39 is 11.6 Å². The summed E-state index contributed by atoms with van der Waals surface area (Å²) in [5, 5.41) is 15.4. The number of anilines is 1.